The summed E-state index contributed by atoms with van der Waals surface area (Å²) in [5.41, 5.74) is 5.41. The van der Waals surface area contributed by atoms with Crippen LogP contribution in [0.5, 0.6) is 11.5 Å². The average Bonchev–Trinajstić information content (AvgIpc) is 2.59. The topological polar surface area (TPSA) is 66.8 Å². The van der Waals surface area contributed by atoms with Crippen molar-refractivity contribution in [1.82, 2.24) is 0 Å². The third-order valence-electron chi connectivity index (χ3n) is 4.13. The minimum Gasteiger partial charge on any atom is -0.508 e. The van der Waals surface area contributed by atoms with Gasteiger partial charge in [-0.1, -0.05) is 39.8 Å². The molecule has 0 aromatic heterocycles. The summed E-state index contributed by atoms with van der Waals surface area (Å²) >= 11 is 0. The zero-order chi connectivity index (χ0) is 19.9. The van der Waals surface area contributed by atoms with Crippen LogP contribution in [-0.4, -0.2) is 22.8 Å². The first-order chi connectivity index (χ1) is 12.3. The van der Waals surface area contributed by atoms with Crippen LogP contribution in [0.3, 0.4) is 0 Å². The molecule has 0 spiro atoms. The number of carboxylic acid groups (broad SMARTS) is 1. The van der Waals surface area contributed by atoms with E-state index in [0.29, 0.717) is 11.5 Å². The lowest BCUT2D eigenvalue weighted by atomic mass is 9.93. The maximum atomic E-state index is 10.6. The van der Waals surface area contributed by atoms with E-state index in [0.717, 1.165) is 28.7 Å². The van der Waals surface area contributed by atoms with E-state index < -0.39 is 5.97 Å². The Labute approximate surface area is 156 Å². The summed E-state index contributed by atoms with van der Waals surface area (Å²) < 4.78 is 5.27. The van der Waals surface area contributed by atoms with Gasteiger partial charge in [0.15, 0.2) is 6.61 Å². The van der Waals surface area contributed by atoms with Crippen molar-refractivity contribution >= 4 is 5.97 Å². The van der Waals surface area contributed by atoms with Crippen molar-refractivity contribution in [3.63, 3.8) is 0 Å². The molecular weight excluding hydrogens is 328 g/mol. The van der Waals surface area contributed by atoms with Crippen LogP contribution < -0.4 is 4.74 Å². The predicted octanol–water partition coefficient (Wildman–Crippen LogP) is 5.21. The third-order valence-corrected chi connectivity index (χ3v) is 4.13. The zero-order valence-corrected chi connectivity index (χ0v) is 16.6. The molecule has 0 saturated heterocycles. The molecular formula is C22H30O4. The molecule has 0 aliphatic heterocycles. The van der Waals surface area contributed by atoms with Crippen molar-refractivity contribution in [3.05, 3.63) is 58.1 Å². The average molecular weight is 358 g/mol. The number of hydrogen-bond donors (Lipinski definition) is 2. The van der Waals surface area contributed by atoms with Gasteiger partial charge in [0.25, 0.3) is 0 Å². The fourth-order valence-electron chi connectivity index (χ4n) is 2.84. The Morgan fingerprint density at radius 1 is 1.08 bits per heavy atom. The standard InChI is InChI=1S/C20H24O4.C2H6/c1-12(2)17-9-15(5-6-19(17)21)10-18-13(3)7-16(8-14(18)4)24-11-20(22)23;1-2/h5-9,12,21H,10-11H2,1-4H3,(H,22,23);1-2H3. The molecule has 2 N–H and O–H groups in total. The normalized spacial score (nSPS) is 10.3. The SMILES string of the molecule is CC.Cc1cc(OCC(=O)O)cc(C)c1Cc1ccc(O)c(C(C)C)c1. The van der Waals surface area contributed by atoms with Gasteiger partial charge in [-0.3, -0.25) is 0 Å². The number of benzene rings is 2. The Kier molecular flexibility index (Phi) is 8.17. The van der Waals surface area contributed by atoms with Crippen molar-refractivity contribution in [2.75, 3.05) is 6.61 Å². The highest BCUT2D eigenvalue weighted by molar-refractivity contribution is 5.68. The first kappa shape index (κ1) is 21.6. The fourth-order valence-corrected chi connectivity index (χ4v) is 2.84. The molecule has 0 fully saturated rings. The van der Waals surface area contributed by atoms with Gasteiger partial charge in [-0.05, 0) is 72.2 Å². The second-order valence-corrected chi connectivity index (χ2v) is 6.44. The van der Waals surface area contributed by atoms with E-state index in [2.05, 4.69) is 13.8 Å². The number of hydrogen-bond acceptors (Lipinski definition) is 3. The molecule has 2 aromatic rings. The van der Waals surface area contributed by atoms with Gasteiger partial charge in [-0.25, -0.2) is 4.79 Å². The number of ether oxygens (including phenoxy) is 1. The second-order valence-electron chi connectivity index (χ2n) is 6.44. The lowest BCUT2D eigenvalue weighted by molar-refractivity contribution is -0.139. The Bertz CT molecular complexity index is 725. The highest BCUT2D eigenvalue weighted by Crippen LogP contribution is 2.29. The summed E-state index contributed by atoms with van der Waals surface area (Å²) in [6.07, 6.45) is 0.761. The Morgan fingerprint density at radius 2 is 1.65 bits per heavy atom. The fraction of sp³-hybridized carbons (Fsp3) is 0.409. The molecule has 0 heterocycles. The van der Waals surface area contributed by atoms with Gasteiger partial charge >= 0.3 is 5.97 Å². The minimum atomic E-state index is -0.986. The van der Waals surface area contributed by atoms with Crippen molar-refractivity contribution in [2.24, 2.45) is 0 Å². The number of rotatable bonds is 6. The lowest BCUT2D eigenvalue weighted by Gasteiger charge is -2.15. The molecule has 0 aliphatic carbocycles. The summed E-state index contributed by atoms with van der Waals surface area (Å²) in [5.74, 6) is 0.183. The number of aryl methyl sites for hydroxylation is 2. The first-order valence-electron chi connectivity index (χ1n) is 9.04. The Hall–Kier alpha value is -2.49. The number of carbonyl (C=O) groups is 1. The van der Waals surface area contributed by atoms with Crippen LogP contribution >= 0.6 is 0 Å². The van der Waals surface area contributed by atoms with Crippen LogP contribution in [0.15, 0.2) is 30.3 Å². The van der Waals surface area contributed by atoms with Gasteiger partial charge in [0.1, 0.15) is 11.5 Å². The van der Waals surface area contributed by atoms with E-state index in [4.69, 9.17) is 9.84 Å². The second kappa shape index (κ2) is 9.85. The summed E-state index contributed by atoms with van der Waals surface area (Å²) in [7, 11) is 0. The van der Waals surface area contributed by atoms with E-state index in [1.807, 2.05) is 52.0 Å². The smallest absolute Gasteiger partial charge is 0.341 e. The largest absolute Gasteiger partial charge is 0.508 e. The van der Waals surface area contributed by atoms with E-state index in [-0.39, 0.29) is 12.5 Å². The van der Waals surface area contributed by atoms with Gasteiger partial charge in [-0.2, -0.15) is 0 Å². The van der Waals surface area contributed by atoms with Crippen molar-refractivity contribution < 1.29 is 19.7 Å². The van der Waals surface area contributed by atoms with Gasteiger partial charge in [0, 0.05) is 0 Å². The van der Waals surface area contributed by atoms with E-state index in [1.54, 1.807) is 6.07 Å². The molecule has 0 bridgehead atoms. The molecule has 142 valence electrons. The van der Waals surface area contributed by atoms with E-state index >= 15 is 0 Å². The van der Waals surface area contributed by atoms with Crippen LogP contribution in [-0.2, 0) is 11.2 Å². The minimum absolute atomic E-state index is 0.263. The molecule has 26 heavy (non-hydrogen) atoms. The summed E-state index contributed by atoms with van der Waals surface area (Å²) in [4.78, 5) is 10.6. The number of carboxylic acids is 1. The van der Waals surface area contributed by atoms with E-state index in [1.165, 1.54) is 5.56 Å². The number of aromatic hydroxyl groups is 1. The predicted molar refractivity (Wildman–Crippen MR) is 105 cm³/mol. The van der Waals surface area contributed by atoms with Crippen molar-refractivity contribution in [1.29, 1.82) is 0 Å². The molecule has 2 aromatic carbocycles. The van der Waals surface area contributed by atoms with Gasteiger partial charge in [-0.15, -0.1) is 0 Å². The Morgan fingerprint density at radius 3 is 2.15 bits per heavy atom. The molecule has 4 nitrogen and oxygen atoms in total. The van der Waals surface area contributed by atoms with Crippen LogP contribution in [0.4, 0.5) is 0 Å². The summed E-state index contributed by atoms with van der Waals surface area (Å²) in [5, 5.41) is 18.7. The summed E-state index contributed by atoms with van der Waals surface area (Å²) in [6.45, 7) is 11.8. The number of phenols is 1. The quantitative estimate of drug-likeness (QED) is 0.743. The Balaban J connectivity index is 0.00000163. The molecule has 0 atom stereocenters. The van der Waals surface area contributed by atoms with Gasteiger partial charge in [0.05, 0.1) is 0 Å². The molecule has 4 heteroatoms. The maximum absolute atomic E-state index is 10.6. The van der Waals surface area contributed by atoms with Crippen molar-refractivity contribution in [3.8, 4) is 11.5 Å². The van der Waals surface area contributed by atoms with Gasteiger partial charge in [0.2, 0.25) is 0 Å². The molecule has 2 rings (SSSR count). The van der Waals surface area contributed by atoms with Crippen molar-refractivity contribution in [2.45, 2.75) is 53.9 Å². The molecule has 0 radical (unpaired) electrons. The highest BCUT2D eigenvalue weighted by atomic mass is 16.5. The maximum Gasteiger partial charge on any atom is 0.341 e. The lowest BCUT2D eigenvalue weighted by Crippen LogP contribution is -2.10. The highest BCUT2D eigenvalue weighted by Gasteiger charge is 2.11. The zero-order valence-electron chi connectivity index (χ0n) is 16.6. The van der Waals surface area contributed by atoms with Gasteiger partial charge < -0.3 is 14.9 Å². The molecule has 0 unspecified atom stereocenters. The third kappa shape index (κ3) is 5.80. The van der Waals surface area contributed by atoms with Crippen LogP contribution in [0.25, 0.3) is 0 Å². The van der Waals surface area contributed by atoms with Crippen LogP contribution in [0, 0.1) is 13.8 Å². The molecule has 0 aliphatic rings. The summed E-state index contributed by atoms with van der Waals surface area (Å²) in [6, 6.07) is 9.48. The van der Waals surface area contributed by atoms with E-state index in [9.17, 15) is 9.90 Å². The first-order valence-corrected chi connectivity index (χ1v) is 9.04. The number of phenolic OH excluding ortho intramolecular Hbond substituents is 1. The van der Waals surface area contributed by atoms with Crippen LogP contribution in [0.1, 0.15) is 61.4 Å². The monoisotopic (exact) mass is 358 g/mol. The molecule has 0 amide bonds. The number of aliphatic carboxylic acids is 1. The molecule has 0 saturated carbocycles. The van der Waals surface area contributed by atoms with Crippen LogP contribution in [0.2, 0.25) is 0 Å².